The molecule has 0 unspecified atom stereocenters. The van der Waals surface area contributed by atoms with E-state index in [9.17, 15) is 17.6 Å². The maximum Gasteiger partial charge on any atom is 0.416 e. The first kappa shape index (κ1) is 14.3. The van der Waals surface area contributed by atoms with Gasteiger partial charge >= 0.3 is 6.18 Å². The molecule has 1 fully saturated rings. The SMILES string of the molecule is C[C@H]1CNCCN1Cc1ccc(F)cc1C(F)(F)F. The van der Waals surface area contributed by atoms with E-state index in [0.29, 0.717) is 12.6 Å². The lowest BCUT2D eigenvalue weighted by atomic mass is 10.0. The molecule has 2 rings (SSSR count). The van der Waals surface area contributed by atoms with Gasteiger partial charge in [0.1, 0.15) is 5.82 Å². The fraction of sp³-hybridized carbons (Fsp3) is 0.538. The van der Waals surface area contributed by atoms with Crippen molar-refractivity contribution in [2.45, 2.75) is 25.7 Å². The minimum Gasteiger partial charge on any atom is -0.314 e. The van der Waals surface area contributed by atoms with E-state index in [1.54, 1.807) is 0 Å². The van der Waals surface area contributed by atoms with Crippen LogP contribution in [0.25, 0.3) is 0 Å². The van der Waals surface area contributed by atoms with Crippen LogP contribution in [-0.4, -0.2) is 30.6 Å². The average Bonchev–Trinajstić information content (AvgIpc) is 2.33. The lowest BCUT2D eigenvalue weighted by Gasteiger charge is -2.34. The lowest BCUT2D eigenvalue weighted by Crippen LogP contribution is -2.49. The van der Waals surface area contributed by atoms with Gasteiger partial charge in [-0.05, 0) is 24.6 Å². The van der Waals surface area contributed by atoms with Crippen LogP contribution in [-0.2, 0) is 12.7 Å². The summed E-state index contributed by atoms with van der Waals surface area (Å²) in [6.07, 6.45) is -4.52. The summed E-state index contributed by atoms with van der Waals surface area (Å²) in [6, 6.07) is 3.05. The van der Waals surface area contributed by atoms with Crippen molar-refractivity contribution < 1.29 is 17.6 Å². The van der Waals surface area contributed by atoms with Gasteiger partial charge in [-0.25, -0.2) is 4.39 Å². The summed E-state index contributed by atoms with van der Waals surface area (Å²) in [5, 5.41) is 3.18. The number of piperazine rings is 1. The van der Waals surface area contributed by atoms with E-state index in [2.05, 4.69) is 5.32 Å². The maximum absolute atomic E-state index is 13.0. The van der Waals surface area contributed by atoms with E-state index in [-0.39, 0.29) is 18.2 Å². The quantitative estimate of drug-likeness (QED) is 0.835. The fourth-order valence-corrected chi connectivity index (χ4v) is 2.29. The molecule has 1 aliphatic rings. The Morgan fingerprint density at radius 1 is 1.37 bits per heavy atom. The molecule has 0 radical (unpaired) electrons. The molecular formula is C13H16F4N2. The third kappa shape index (κ3) is 3.45. The zero-order chi connectivity index (χ0) is 14.0. The second kappa shape index (κ2) is 5.46. The predicted octanol–water partition coefficient (Wildman–Crippen LogP) is 2.64. The molecule has 0 spiro atoms. The molecule has 1 aromatic carbocycles. The molecule has 1 atom stereocenters. The van der Waals surface area contributed by atoms with Crippen molar-refractivity contribution in [2.75, 3.05) is 19.6 Å². The predicted molar refractivity (Wildman–Crippen MR) is 64.1 cm³/mol. The van der Waals surface area contributed by atoms with Gasteiger partial charge in [0.05, 0.1) is 5.56 Å². The molecular weight excluding hydrogens is 260 g/mol. The molecule has 2 nitrogen and oxygen atoms in total. The highest BCUT2D eigenvalue weighted by Gasteiger charge is 2.34. The summed E-state index contributed by atoms with van der Waals surface area (Å²) in [6.45, 7) is 4.35. The Morgan fingerprint density at radius 2 is 2.11 bits per heavy atom. The number of hydrogen-bond donors (Lipinski definition) is 1. The highest BCUT2D eigenvalue weighted by atomic mass is 19.4. The first-order chi connectivity index (χ1) is 8.88. The molecule has 19 heavy (non-hydrogen) atoms. The molecule has 6 heteroatoms. The minimum absolute atomic E-state index is 0.127. The van der Waals surface area contributed by atoms with Gasteiger partial charge in [-0.3, -0.25) is 4.90 Å². The van der Waals surface area contributed by atoms with Crippen LogP contribution >= 0.6 is 0 Å². The summed E-state index contributed by atoms with van der Waals surface area (Å²) in [5.74, 6) is -0.857. The molecule has 106 valence electrons. The molecule has 0 saturated carbocycles. The Balaban J connectivity index is 2.24. The van der Waals surface area contributed by atoms with Gasteiger partial charge in [0.15, 0.2) is 0 Å². The van der Waals surface area contributed by atoms with Gasteiger partial charge in [-0.2, -0.15) is 13.2 Å². The van der Waals surface area contributed by atoms with Crippen molar-refractivity contribution in [1.82, 2.24) is 10.2 Å². The topological polar surface area (TPSA) is 15.3 Å². The highest BCUT2D eigenvalue weighted by molar-refractivity contribution is 5.30. The van der Waals surface area contributed by atoms with Crippen LogP contribution in [0.5, 0.6) is 0 Å². The summed E-state index contributed by atoms with van der Waals surface area (Å²) < 4.78 is 51.7. The molecule has 0 bridgehead atoms. The summed E-state index contributed by atoms with van der Waals surface area (Å²) in [4.78, 5) is 1.97. The molecule has 1 saturated heterocycles. The Kier molecular flexibility index (Phi) is 4.10. The molecule has 1 aliphatic heterocycles. The third-order valence-electron chi connectivity index (χ3n) is 3.39. The maximum atomic E-state index is 13.0. The highest BCUT2D eigenvalue weighted by Crippen LogP contribution is 2.33. The smallest absolute Gasteiger partial charge is 0.314 e. The summed E-state index contributed by atoms with van der Waals surface area (Å²) in [7, 11) is 0. The zero-order valence-corrected chi connectivity index (χ0v) is 10.6. The Morgan fingerprint density at radius 3 is 2.74 bits per heavy atom. The summed E-state index contributed by atoms with van der Waals surface area (Å²) >= 11 is 0. The Hall–Kier alpha value is -1.14. The van der Waals surface area contributed by atoms with Gasteiger partial charge in [0, 0.05) is 32.2 Å². The van der Waals surface area contributed by atoms with Crippen LogP contribution in [0.2, 0.25) is 0 Å². The standard InChI is InChI=1S/C13H16F4N2/c1-9-7-18-4-5-19(9)8-10-2-3-11(14)6-12(10)13(15,16)17/h2-3,6,9,18H,4-5,7-8H2,1H3/t9-/m0/s1. The normalized spacial score (nSPS) is 21.6. The van der Waals surface area contributed by atoms with Crippen LogP contribution in [0.1, 0.15) is 18.1 Å². The molecule has 0 aliphatic carbocycles. The molecule has 1 aromatic rings. The first-order valence-corrected chi connectivity index (χ1v) is 6.18. The van der Waals surface area contributed by atoms with Gasteiger partial charge in [0.25, 0.3) is 0 Å². The van der Waals surface area contributed by atoms with E-state index in [1.165, 1.54) is 6.07 Å². The van der Waals surface area contributed by atoms with Gasteiger partial charge in [-0.15, -0.1) is 0 Å². The summed E-state index contributed by atoms with van der Waals surface area (Å²) in [5.41, 5.74) is -0.749. The van der Waals surface area contributed by atoms with E-state index in [0.717, 1.165) is 19.2 Å². The molecule has 0 aromatic heterocycles. The van der Waals surface area contributed by atoms with Gasteiger partial charge in [0.2, 0.25) is 0 Å². The number of benzene rings is 1. The number of rotatable bonds is 2. The van der Waals surface area contributed by atoms with Crippen molar-refractivity contribution in [2.24, 2.45) is 0 Å². The van der Waals surface area contributed by atoms with Crippen LogP contribution < -0.4 is 5.32 Å². The van der Waals surface area contributed by atoms with Crippen molar-refractivity contribution in [3.8, 4) is 0 Å². The first-order valence-electron chi connectivity index (χ1n) is 6.18. The lowest BCUT2D eigenvalue weighted by molar-refractivity contribution is -0.138. The van der Waals surface area contributed by atoms with Crippen LogP contribution in [0.4, 0.5) is 17.6 Å². The number of hydrogen-bond acceptors (Lipinski definition) is 2. The second-order valence-electron chi connectivity index (χ2n) is 4.82. The number of nitrogens with one attached hydrogen (secondary N) is 1. The van der Waals surface area contributed by atoms with E-state index < -0.39 is 17.6 Å². The minimum atomic E-state index is -4.52. The van der Waals surface area contributed by atoms with Crippen molar-refractivity contribution >= 4 is 0 Å². The molecule has 0 amide bonds. The average molecular weight is 276 g/mol. The Labute approximate surface area is 109 Å². The molecule has 1 heterocycles. The number of nitrogens with zero attached hydrogens (tertiary/aromatic N) is 1. The largest absolute Gasteiger partial charge is 0.416 e. The number of alkyl halides is 3. The van der Waals surface area contributed by atoms with Gasteiger partial charge in [-0.1, -0.05) is 6.07 Å². The van der Waals surface area contributed by atoms with Crippen LogP contribution in [0.3, 0.4) is 0 Å². The Bertz CT molecular complexity index is 445. The van der Waals surface area contributed by atoms with Crippen LogP contribution in [0.15, 0.2) is 18.2 Å². The van der Waals surface area contributed by atoms with Gasteiger partial charge < -0.3 is 5.32 Å². The number of halogens is 4. The third-order valence-corrected chi connectivity index (χ3v) is 3.39. The van der Waals surface area contributed by atoms with Crippen molar-refractivity contribution in [1.29, 1.82) is 0 Å². The zero-order valence-electron chi connectivity index (χ0n) is 10.6. The molecule has 1 N–H and O–H groups in total. The van der Waals surface area contributed by atoms with E-state index >= 15 is 0 Å². The second-order valence-corrected chi connectivity index (χ2v) is 4.82. The fourth-order valence-electron chi connectivity index (χ4n) is 2.29. The monoisotopic (exact) mass is 276 g/mol. The van der Waals surface area contributed by atoms with Crippen molar-refractivity contribution in [3.05, 3.63) is 35.1 Å². The van der Waals surface area contributed by atoms with Crippen LogP contribution in [0, 0.1) is 5.82 Å². The van der Waals surface area contributed by atoms with E-state index in [4.69, 9.17) is 0 Å². The van der Waals surface area contributed by atoms with Crippen molar-refractivity contribution in [3.63, 3.8) is 0 Å². The van der Waals surface area contributed by atoms with E-state index in [1.807, 2.05) is 11.8 Å².